The molecule has 0 heterocycles. The molecule has 1 rings (SSSR count). The lowest BCUT2D eigenvalue weighted by Gasteiger charge is -2.10. The Morgan fingerprint density at radius 3 is 2.79 bits per heavy atom. The summed E-state index contributed by atoms with van der Waals surface area (Å²) in [6, 6.07) is 3.57. The monoisotopic (exact) mass is 189 g/mol. The summed E-state index contributed by atoms with van der Waals surface area (Å²) in [5, 5.41) is 2.81. The molecule has 0 aliphatic carbocycles. The molecule has 0 amide bonds. The van der Waals surface area contributed by atoms with Crippen molar-refractivity contribution in [1.82, 2.24) is 0 Å². The van der Waals surface area contributed by atoms with Crippen LogP contribution in [0.25, 0.3) is 0 Å². The van der Waals surface area contributed by atoms with Crippen molar-refractivity contribution < 1.29 is 4.74 Å². The lowest BCUT2D eigenvalue weighted by molar-refractivity contribution is 0.337. The molecule has 0 saturated carbocycles. The van der Waals surface area contributed by atoms with Gasteiger partial charge in [-0.05, 0) is 31.0 Å². The minimum absolute atomic E-state index is 0.0895. The molecular weight excluding hydrogens is 177 g/mol. The third-order valence-corrected chi connectivity index (χ3v) is 1.97. The van der Waals surface area contributed by atoms with Gasteiger partial charge in [-0.2, -0.15) is 4.91 Å². The maximum Gasteiger partial charge on any atom is 0.122 e. The minimum Gasteiger partial charge on any atom is -0.494 e. The molecule has 72 valence electrons. The highest BCUT2D eigenvalue weighted by molar-refractivity contribution is 6.33. The number of hydrogen-bond donors (Lipinski definition) is 0. The molecule has 0 saturated heterocycles. The van der Waals surface area contributed by atoms with Gasteiger partial charge in [0.25, 0.3) is 0 Å². The highest BCUT2D eigenvalue weighted by atomic mass is 16.5. The average molecular weight is 189 g/mol. The van der Waals surface area contributed by atoms with Gasteiger partial charge in [0, 0.05) is 0 Å². The van der Waals surface area contributed by atoms with E-state index in [4.69, 9.17) is 12.6 Å². The summed E-state index contributed by atoms with van der Waals surface area (Å²) in [6.45, 7) is 4.51. The van der Waals surface area contributed by atoms with Crippen LogP contribution >= 0.6 is 0 Å². The third-order valence-electron chi connectivity index (χ3n) is 1.97. The first-order chi connectivity index (χ1) is 6.69. The summed E-state index contributed by atoms with van der Waals surface area (Å²) in [5.74, 6) is 0.764. The molecule has 1 aromatic carbocycles. The predicted molar refractivity (Wildman–Crippen MR) is 57.2 cm³/mol. The van der Waals surface area contributed by atoms with E-state index < -0.39 is 0 Å². The molecule has 0 aliphatic heterocycles. The number of nitrogens with zero attached hydrogens (tertiary/aromatic N) is 1. The Morgan fingerprint density at radius 1 is 1.50 bits per heavy atom. The third kappa shape index (κ3) is 2.34. The average Bonchev–Trinajstić information content (AvgIpc) is 2.14. The SMILES string of the molecule is [B]c1cc(C)c(OCC)cc1CN=O. The van der Waals surface area contributed by atoms with Gasteiger partial charge in [0.2, 0.25) is 0 Å². The predicted octanol–water partition coefficient (Wildman–Crippen LogP) is 1.45. The molecule has 4 heteroatoms. The van der Waals surface area contributed by atoms with Gasteiger partial charge in [0.1, 0.15) is 20.1 Å². The topological polar surface area (TPSA) is 38.7 Å². The zero-order valence-electron chi connectivity index (χ0n) is 8.41. The first kappa shape index (κ1) is 10.8. The van der Waals surface area contributed by atoms with Gasteiger partial charge in [-0.15, -0.1) is 0 Å². The molecular formula is C10H12BNO2. The second kappa shape index (κ2) is 4.79. The van der Waals surface area contributed by atoms with Crippen LogP contribution in [0.3, 0.4) is 0 Å². The Bertz CT molecular complexity index is 339. The zero-order valence-corrected chi connectivity index (χ0v) is 8.41. The first-order valence-electron chi connectivity index (χ1n) is 4.50. The minimum atomic E-state index is 0.0895. The fourth-order valence-corrected chi connectivity index (χ4v) is 1.27. The number of rotatable bonds is 4. The van der Waals surface area contributed by atoms with Crippen LogP contribution in [0.2, 0.25) is 0 Å². The van der Waals surface area contributed by atoms with Crippen LogP contribution in [0, 0.1) is 11.8 Å². The second-order valence-corrected chi connectivity index (χ2v) is 3.04. The zero-order chi connectivity index (χ0) is 10.6. The van der Waals surface area contributed by atoms with E-state index in [1.54, 1.807) is 12.1 Å². The molecule has 0 aliphatic rings. The smallest absolute Gasteiger partial charge is 0.122 e. The van der Waals surface area contributed by atoms with Crippen molar-refractivity contribution in [2.75, 3.05) is 6.61 Å². The summed E-state index contributed by atoms with van der Waals surface area (Å²) in [6.07, 6.45) is 0. The van der Waals surface area contributed by atoms with E-state index in [0.717, 1.165) is 11.3 Å². The summed E-state index contributed by atoms with van der Waals surface area (Å²) in [5.41, 5.74) is 2.28. The van der Waals surface area contributed by atoms with Crippen LogP contribution in [0.5, 0.6) is 5.75 Å². The maximum atomic E-state index is 10.1. The molecule has 3 nitrogen and oxygen atoms in total. The molecule has 0 fully saturated rings. The fourth-order valence-electron chi connectivity index (χ4n) is 1.27. The lowest BCUT2D eigenvalue weighted by atomic mass is 9.88. The Morgan fingerprint density at radius 2 is 2.21 bits per heavy atom. The van der Waals surface area contributed by atoms with E-state index in [9.17, 15) is 4.91 Å². The fraction of sp³-hybridized carbons (Fsp3) is 0.400. The van der Waals surface area contributed by atoms with Gasteiger partial charge >= 0.3 is 0 Å². The Balaban J connectivity index is 3.06. The van der Waals surface area contributed by atoms with Crippen molar-refractivity contribution >= 4 is 13.3 Å². The molecule has 1 aromatic rings. The molecule has 0 bridgehead atoms. The van der Waals surface area contributed by atoms with Crippen molar-refractivity contribution in [3.8, 4) is 5.75 Å². The van der Waals surface area contributed by atoms with E-state index >= 15 is 0 Å². The summed E-state index contributed by atoms with van der Waals surface area (Å²) in [7, 11) is 5.72. The number of benzene rings is 1. The molecule has 0 atom stereocenters. The van der Waals surface area contributed by atoms with Crippen molar-refractivity contribution in [1.29, 1.82) is 0 Å². The van der Waals surface area contributed by atoms with Crippen LogP contribution in [0.4, 0.5) is 0 Å². The lowest BCUT2D eigenvalue weighted by Crippen LogP contribution is -2.11. The number of aryl methyl sites for hydroxylation is 1. The van der Waals surface area contributed by atoms with Gasteiger partial charge in [-0.3, -0.25) is 0 Å². The van der Waals surface area contributed by atoms with E-state index in [1.165, 1.54) is 0 Å². The molecule has 0 unspecified atom stereocenters. The van der Waals surface area contributed by atoms with Gasteiger partial charge in [0.05, 0.1) is 6.61 Å². The van der Waals surface area contributed by atoms with Crippen molar-refractivity contribution in [2.24, 2.45) is 5.18 Å². The van der Waals surface area contributed by atoms with Crippen LogP contribution in [0.15, 0.2) is 17.3 Å². The highest BCUT2D eigenvalue weighted by Crippen LogP contribution is 2.18. The van der Waals surface area contributed by atoms with Crippen LogP contribution in [0.1, 0.15) is 18.1 Å². The quantitative estimate of drug-likeness (QED) is 0.531. The molecule has 14 heavy (non-hydrogen) atoms. The first-order valence-corrected chi connectivity index (χ1v) is 4.50. The van der Waals surface area contributed by atoms with Gasteiger partial charge in [-0.25, -0.2) is 0 Å². The molecule has 0 N–H and O–H groups in total. The summed E-state index contributed by atoms with van der Waals surface area (Å²) in [4.78, 5) is 10.1. The number of nitroso groups, excluding NO2 is 1. The van der Waals surface area contributed by atoms with Crippen molar-refractivity contribution in [3.05, 3.63) is 28.2 Å². The highest BCUT2D eigenvalue weighted by Gasteiger charge is 2.04. The number of ether oxygens (including phenoxy) is 1. The van der Waals surface area contributed by atoms with Gasteiger partial charge in [0.15, 0.2) is 0 Å². The Hall–Kier alpha value is -1.32. The van der Waals surface area contributed by atoms with E-state index in [2.05, 4.69) is 5.18 Å². The molecule has 0 spiro atoms. The summed E-state index contributed by atoms with van der Waals surface area (Å²) < 4.78 is 5.38. The van der Waals surface area contributed by atoms with Crippen LogP contribution in [-0.4, -0.2) is 14.5 Å². The normalized spacial score (nSPS) is 9.86. The van der Waals surface area contributed by atoms with Crippen LogP contribution in [-0.2, 0) is 6.54 Å². The number of hydrogen-bond acceptors (Lipinski definition) is 3. The van der Waals surface area contributed by atoms with Crippen molar-refractivity contribution in [3.63, 3.8) is 0 Å². The molecule has 0 aromatic heterocycles. The van der Waals surface area contributed by atoms with E-state index in [0.29, 0.717) is 17.6 Å². The van der Waals surface area contributed by atoms with Gasteiger partial charge in [-0.1, -0.05) is 16.7 Å². The largest absolute Gasteiger partial charge is 0.494 e. The maximum absolute atomic E-state index is 10.1. The Kier molecular flexibility index (Phi) is 3.68. The second-order valence-electron chi connectivity index (χ2n) is 3.04. The van der Waals surface area contributed by atoms with Crippen molar-refractivity contribution in [2.45, 2.75) is 20.4 Å². The standard InChI is InChI=1S/C10H12BNO2/c1-3-14-10-5-8(6-12-13)9(11)4-7(10)2/h4-5H,3,6H2,1-2H3. The van der Waals surface area contributed by atoms with E-state index in [-0.39, 0.29) is 6.54 Å². The Labute approximate surface area is 84.9 Å². The molecule has 2 radical (unpaired) electrons. The summed E-state index contributed by atoms with van der Waals surface area (Å²) >= 11 is 0. The van der Waals surface area contributed by atoms with Gasteiger partial charge < -0.3 is 4.74 Å². The van der Waals surface area contributed by atoms with E-state index in [1.807, 2.05) is 13.8 Å². The van der Waals surface area contributed by atoms with Crippen LogP contribution < -0.4 is 10.2 Å².